The molecule has 1 saturated heterocycles. The molecule has 164 valence electrons. The molecule has 31 heavy (non-hydrogen) atoms. The van der Waals surface area contributed by atoms with Crippen molar-refractivity contribution in [3.05, 3.63) is 51.2 Å². The molecule has 0 aliphatic carbocycles. The van der Waals surface area contributed by atoms with Crippen molar-refractivity contribution in [1.82, 2.24) is 19.3 Å². The number of carbonyl (C=O) groups is 1. The highest BCUT2D eigenvalue weighted by Crippen LogP contribution is 2.22. The van der Waals surface area contributed by atoms with Gasteiger partial charge >= 0.3 is 0 Å². The molecule has 2 aromatic heterocycles. The first-order valence-corrected chi connectivity index (χ1v) is 12.2. The van der Waals surface area contributed by atoms with Gasteiger partial charge in [-0.05, 0) is 18.6 Å². The van der Waals surface area contributed by atoms with Gasteiger partial charge in [0.15, 0.2) is 9.96 Å². The Morgan fingerprint density at radius 1 is 1.29 bits per heavy atom. The van der Waals surface area contributed by atoms with Crippen molar-refractivity contribution in [2.45, 2.75) is 25.2 Å². The number of aromatic nitrogens is 4. The zero-order valence-corrected chi connectivity index (χ0v) is 19.5. The average Bonchev–Trinajstić information content (AvgIpc) is 3.41. The van der Waals surface area contributed by atoms with Crippen molar-refractivity contribution < 1.29 is 9.53 Å². The van der Waals surface area contributed by atoms with Crippen LogP contribution in [-0.2, 0) is 22.6 Å². The van der Waals surface area contributed by atoms with E-state index in [-0.39, 0.29) is 11.7 Å². The first-order chi connectivity index (χ1) is 15.2. The van der Waals surface area contributed by atoms with Crippen LogP contribution < -0.4 is 9.70 Å². The Balaban J connectivity index is 1.43. The van der Waals surface area contributed by atoms with E-state index in [1.807, 2.05) is 51.9 Å². The minimum atomic E-state index is -0.209. The van der Waals surface area contributed by atoms with Gasteiger partial charge in [0.1, 0.15) is 0 Å². The molecular formula is C20H23ClN6O2S2. The van der Waals surface area contributed by atoms with Gasteiger partial charge in [-0.3, -0.25) is 9.36 Å². The van der Waals surface area contributed by atoms with Gasteiger partial charge < -0.3 is 14.2 Å². The first kappa shape index (κ1) is 22.1. The van der Waals surface area contributed by atoms with E-state index in [1.165, 1.54) is 23.1 Å². The first-order valence-electron chi connectivity index (χ1n) is 9.99. The van der Waals surface area contributed by atoms with E-state index < -0.39 is 0 Å². The molecule has 0 saturated carbocycles. The summed E-state index contributed by atoms with van der Waals surface area (Å²) in [6.45, 7) is 6.30. The van der Waals surface area contributed by atoms with E-state index in [1.54, 1.807) is 0 Å². The highest BCUT2D eigenvalue weighted by atomic mass is 35.5. The maximum absolute atomic E-state index is 12.6. The van der Waals surface area contributed by atoms with Gasteiger partial charge in [-0.2, -0.15) is 4.99 Å². The molecule has 0 spiro atoms. The van der Waals surface area contributed by atoms with Gasteiger partial charge in [-0.25, -0.2) is 0 Å². The van der Waals surface area contributed by atoms with Crippen molar-refractivity contribution in [1.29, 1.82) is 0 Å². The topological polar surface area (TPSA) is 77.5 Å². The number of hydrogen-bond donors (Lipinski definition) is 0. The van der Waals surface area contributed by atoms with Crippen LogP contribution >= 0.6 is 34.7 Å². The van der Waals surface area contributed by atoms with Crippen molar-refractivity contribution in [2.75, 3.05) is 37.0 Å². The summed E-state index contributed by atoms with van der Waals surface area (Å²) in [4.78, 5) is 19.7. The number of thiazole rings is 1. The predicted octanol–water partition coefficient (Wildman–Crippen LogP) is 2.92. The molecular weight excluding hydrogens is 456 g/mol. The second-order valence-electron chi connectivity index (χ2n) is 6.83. The molecule has 0 N–H and O–H groups in total. The van der Waals surface area contributed by atoms with Crippen LogP contribution in [0.2, 0.25) is 5.02 Å². The lowest BCUT2D eigenvalue weighted by Gasteiger charge is -2.27. The Labute approximate surface area is 193 Å². The van der Waals surface area contributed by atoms with Crippen molar-refractivity contribution in [3.8, 4) is 0 Å². The number of morpholine rings is 1. The summed E-state index contributed by atoms with van der Waals surface area (Å²) in [5, 5.41) is 12.0. The van der Waals surface area contributed by atoms with Gasteiger partial charge in [-0.1, -0.05) is 41.6 Å². The molecule has 1 amide bonds. The van der Waals surface area contributed by atoms with Gasteiger partial charge in [0.25, 0.3) is 5.91 Å². The Kier molecular flexibility index (Phi) is 7.44. The lowest BCUT2D eigenvalue weighted by molar-refractivity contribution is -0.115. The van der Waals surface area contributed by atoms with Crippen LogP contribution in [0.4, 0.5) is 5.95 Å². The van der Waals surface area contributed by atoms with Gasteiger partial charge in [0.05, 0.1) is 25.5 Å². The van der Waals surface area contributed by atoms with Crippen LogP contribution in [0, 0.1) is 0 Å². The summed E-state index contributed by atoms with van der Waals surface area (Å²) in [5.41, 5.74) is 0.984. The molecule has 11 heteroatoms. The van der Waals surface area contributed by atoms with Crippen molar-refractivity contribution in [3.63, 3.8) is 0 Å². The maximum Gasteiger partial charge on any atom is 0.258 e. The fraction of sp³-hybridized carbons (Fsp3) is 0.400. The van der Waals surface area contributed by atoms with Crippen LogP contribution in [0.3, 0.4) is 0 Å². The number of thioether (sulfide) groups is 1. The SMILES string of the molecule is CCn1c(SCC(=O)N=c2sccn2Cc2ccccc2Cl)nnc1N1CCOCC1. The molecule has 8 nitrogen and oxygen atoms in total. The monoisotopic (exact) mass is 478 g/mol. The third kappa shape index (κ3) is 5.38. The average molecular weight is 479 g/mol. The largest absolute Gasteiger partial charge is 0.378 e. The van der Waals surface area contributed by atoms with Crippen molar-refractivity contribution in [2.24, 2.45) is 4.99 Å². The minimum absolute atomic E-state index is 0.200. The number of carbonyl (C=O) groups excluding carboxylic acids is 1. The molecule has 0 atom stereocenters. The van der Waals surface area contributed by atoms with E-state index in [9.17, 15) is 4.79 Å². The smallest absolute Gasteiger partial charge is 0.258 e. The minimum Gasteiger partial charge on any atom is -0.378 e. The predicted molar refractivity (Wildman–Crippen MR) is 123 cm³/mol. The van der Waals surface area contributed by atoms with Crippen LogP contribution in [0.25, 0.3) is 0 Å². The summed E-state index contributed by atoms with van der Waals surface area (Å²) in [7, 11) is 0. The van der Waals surface area contributed by atoms with E-state index >= 15 is 0 Å². The molecule has 0 bridgehead atoms. The molecule has 0 radical (unpaired) electrons. The van der Waals surface area contributed by atoms with Crippen LogP contribution in [0.5, 0.6) is 0 Å². The molecule has 3 aromatic rings. The second-order valence-corrected chi connectivity index (χ2v) is 9.05. The summed E-state index contributed by atoms with van der Waals surface area (Å²) >= 11 is 9.05. The standard InChI is InChI=1S/C20H23ClN6O2S2/c1-2-27-18(25-7-10-29-11-8-25)23-24-20(27)31-14-17(28)22-19-26(9-12-30-19)13-15-5-3-4-6-16(15)21/h3-6,9,12H,2,7-8,10-11,13-14H2,1H3. The zero-order chi connectivity index (χ0) is 21.6. The quantitative estimate of drug-likeness (QED) is 0.486. The third-order valence-electron chi connectivity index (χ3n) is 4.81. The van der Waals surface area contributed by atoms with Gasteiger partial charge in [-0.15, -0.1) is 21.5 Å². The zero-order valence-electron chi connectivity index (χ0n) is 17.1. The number of benzene rings is 1. The van der Waals surface area contributed by atoms with Crippen LogP contribution in [0.15, 0.2) is 46.0 Å². The molecule has 1 fully saturated rings. The number of ether oxygens (including phenoxy) is 1. The second kappa shape index (κ2) is 10.4. The highest BCUT2D eigenvalue weighted by Gasteiger charge is 2.20. The Hall–Kier alpha value is -2.14. The fourth-order valence-electron chi connectivity index (χ4n) is 3.24. The van der Waals surface area contributed by atoms with Crippen molar-refractivity contribution >= 4 is 46.6 Å². The van der Waals surface area contributed by atoms with E-state index in [2.05, 4.69) is 20.1 Å². The van der Waals surface area contributed by atoms with Crippen LogP contribution in [0.1, 0.15) is 12.5 Å². The highest BCUT2D eigenvalue weighted by molar-refractivity contribution is 7.99. The molecule has 0 unspecified atom stereocenters. The van der Waals surface area contributed by atoms with E-state index in [0.717, 1.165) is 36.3 Å². The maximum atomic E-state index is 12.6. The lowest BCUT2D eigenvalue weighted by atomic mass is 10.2. The number of nitrogens with zero attached hydrogens (tertiary/aromatic N) is 6. The lowest BCUT2D eigenvalue weighted by Crippen LogP contribution is -2.38. The summed E-state index contributed by atoms with van der Waals surface area (Å²) in [6, 6.07) is 7.67. The number of amides is 1. The number of hydrogen-bond acceptors (Lipinski definition) is 7. The molecule has 1 aliphatic rings. The fourth-order valence-corrected chi connectivity index (χ4v) is 4.97. The Morgan fingerprint density at radius 3 is 2.87 bits per heavy atom. The number of anilines is 1. The Bertz CT molecular complexity index is 1100. The molecule has 1 aromatic carbocycles. The van der Waals surface area contributed by atoms with Gasteiger partial charge in [0.2, 0.25) is 5.95 Å². The summed E-state index contributed by atoms with van der Waals surface area (Å²) in [6.07, 6.45) is 1.91. The number of halogens is 1. The Morgan fingerprint density at radius 2 is 2.10 bits per heavy atom. The molecule has 1 aliphatic heterocycles. The number of rotatable bonds is 7. The third-order valence-corrected chi connectivity index (χ3v) is 6.93. The van der Waals surface area contributed by atoms with Gasteiger partial charge in [0, 0.05) is 36.2 Å². The molecule has 4 rings (SSSR count). The van der Waals surface area contributed by atoms with E-state index in [4.69, 9.17) is 16.3 Å². The van der Waals surface area contributed by atoms with E-state index in [0.29, 0.717) is 29.6 Å². The summed E-state index contributed by atoms with van der Waals surface area (Å²) < 4.78 is 9.38. The molecule has 3 heterocycles. The van der Waals surface area contributed by atoms with Crippen LogP contribution in [-0.4, -0.2) is 57.3 Å². The normalized spacial score (nSPS) is 14.9. The summed E-state index contributed by atoms with van der Waals surface area (Å²) in [5.74, 6) is 0.818.